The first-order valence-corrected chi connectivity index (χ1v) is 6.21. The summed E-state index contributed by atoms with van der Waals surface area (Å²) in [5.41, 5.74) is -0.174. The molecule has 0 unspecified atom stereocenters. The third-order valence-corrected chi connectivity index (χ3v) is 3.11. The molecule has 7 nitrogen and oxygen atoms in total. The molecule has 0 aromatic carbocycles. The number of hydrogen-bond acceptors (Lipinski definition) is 4. The third-order valence-electron chi connectivity index (χ3n) is 2.92. The minimum atomic E-state index is -0.415. The van der Waals surface area contributed by atoms with Gasteiger partial charge in [0, 0.05) is 20.0 Å². The summed E-state index contributed by atoms with van der Waals surface area (Å²) < 4.78 is 2.46. The average molecular weight is 285 g/mol. The monoisotopic (exact) mass is 284 g/mol. The zero-order valence-corrected chi connectivity index (χ0v) is 11.1. The molecule has 0 amide bonds. The lowest BCUT2D eigenvalue weighted by Gasteiger charge is -2.07. The number of rotatable bonds is 5. The van der Waals surface area contributed by atoms with Crippen molar-refractivity contribution in [2.24, 2.45) is 7.05 Å². The number of aromatic nitrogens is 4. The summed E-state index contributed by atoms with van der Waals surface area (Å²) in [7, 11) is 1.56. The van der Waals surface area contributed by atoms with Gasteiger partial charge in [0.2, 0.25) is 5.24 Å². The third kappa shape index (κ3) is 2.60. The van der Waals surface area contributed by atoms with Crippen LogP contribution in [0.3, 0.4) is 0 Å². The molecule has 102 valence electrons. The number of hydrogen-bond donors (Lipinski definition) is 1. The molecule has 0 aliphatic rings. The second-order valence-electron chi connectivity index (χ2n) is 4.21. The molecule has 0 fully saturated rings. The van der Waals surface area contributed by atoms with E-state index in [9.17, 15) is 14.4 Å². The first-order valence-electron chi connectivity index (χ1n) is 5.83. The molecule has 1 N–H and O–H groups in total. The zero-order valence-electron chi connectivity index (χ0n) is 10.4. The van der Waals surface area contributed by atoms with Crippen molar-refractivity contribution in [3.8, 4) is 0 Å². The maximum absolute atomic E-state index is 12.1. The van der Waals surface area contributed by atoms with Gasteiger partial charge in [0.1, 0.15) is 5.52 Å². The van der Waals surface area contributed by atoms with Gasteiger partial charge in [-0.3, -0.25) is 18.7 Å². The molecule has 2 heterocycles. The largest absolute Gasteiger partial charge is 0.339 e. The van der Waals surface area contributed by atoms with Gasteiger partial charge >= 0.3 is 5.69 Å². The van der Waals surface area contributed by atoms with Crippen LogP contribution in [-0.2, 0) is 18.4 Å². The number of H-pyrrole nitrogens is 1. The van der Waals surface area contributed by atoms with Crippen LogP contribution in [0, 0.1) is 0 Å². The number of halogens is 1. The van der Waals surface area contributed by atoms with E-state index >= 15 is 0 Å². The molecular weight excluding hydrogens is 272 g/mol. The van der Waals surface area contributed by atoms with E-state index in [-0.39, 0.29) is 13.0 Å². The van der Waals surface area contributed by atoms with Gasteiger partial charge in [0.05, 0.1) is 6.33 Å². The van der Waals surface area contributed by atoms with Crippen LogP contribution in [0.4, 0.5) is 0 Å². The molecule has 8 heteroatoms. The maximum Gasteiger partial charge on any atom is 0.332 e. The Morgan fingerprint density at radius 1 is 1.42 bits per heavy atom. The van der Waals surface area contributed by atoms with Gasteiger partial charge in [-0.25, -0.2) is 9.78 Å². The molecular formula is C11H13ClN4O3. The molecule has 0 saturated heterocycles. The van der Waals surface area contributed by atoms with Gasteiger partial charge in [-0.2, -0.15) is 0 Å². The van der Waals surface area contributed by atoms with Crippen LogP contribution in [0.2, 0.25) is 0 Å². The van der Waals surface area contributed by atoms with E-state index in [1.807, 2.05) is 0 Å². The van der Waals surface area contributed by atoms with E-state index in [1.165, 1.54) is 10.9 Å². The predicted molar refractivity (Wildman–Crippen MR) is 70.3 cm³/mol. The highest BCUT2D eigenvalue weighted by atomic mass is 35.5. The van der Waals surface area contributed by atoms with Gasteiger partial charge in [0.25, 0.3) is 5.56 Å². The van der Waals surface area contributed by atoms with E-state index in [4.69, 9.17) is 11.6 Å². The van der Waals surface area contributed by atoms with E-state index < -0.39 is 16.5 Å². The Morgan fingerprint density at radius 3 is 2.84 bits per heavy atom. The Kier molecular flexibility index (Phi) is 3.84. The maximum atomic E-state index is 12.1. The predicted octanol–water partition coefficient (Wildman–Crippen LogP) is 0.359. The number of nitrogens with zero attached hydrogens (tertiary/aromatic N) is 3. The molecule has 2 rings (SSSR count). The Balaban J connectivity index is 2.30. The number of nitrogens with one attached hydrogen (secondary N) is 1. The average Bonchev–Trinajstić information content (AvgIpc) is 2.84. The number of carbonyl (C=O) groups is 1. The van der Waals surface area contributed by atoms with Crippen molar-refractivity contribution in [2.75, 3.05) is 0 Å². The molecule has 0 atom stereocenters. The van der Waals surface area contributed by atoms with E-state index in [1.54, 1.807) is 7.05 Å². The van der Waals surface area contributed by atoms with Crippen molar-refractivity contribution in [2.45, 2.75) is 25.8 Å². The summed E-state index contributed by atoms with van der Waals surface area (Å²) in [6.07, 6.45) is 2.69. The Labute approximate surface area is 112 Å². The van der Waals surface area contributed by atoms with Crippen molar-refractivity contribution in [3.05, 3.63) is 27.2 Å². The second-order valence-corrected chi connectivity index (χ2v) is 4.63. The molecule has 0 saturated carbocycles. The lowest BCUT2D eigenvalue weighted by atomic mass is 10.2. The smallest absolute Gasteiger partial charge is 0.332 e. The highest BCUT2D eigenvalue weighted by molar-refractivity contribution is 6.63. The fourth-order valence-corrected chi connectivity index (χ4v) is 2.06. The fraction of sp³-hybridized carbons (Fsp3) is 0.455. The van der Waals surface area contributed by atoms with E-state index in [0.29, 0.717) is 24.0 Å². The highest BCUT2D eigenvalue weighted by Gasteiger charge is 2.12. The van der Waals surface area contributed by atoms with Gasteiger partial charge in [-0.05, 0) is 24.4 Å². The summed E-state index contributed by atoms with van der Waals surface area (Å²) in [5, 5.41) is -0.413. The topological polar surface area (TPSA) is 89.8 Å². The molecule has 0 spiro atoms. The van der Waals surface area contributed by atoms with Crippen LogP contribution in [-0.4, -0.2) is 24.3 Å². The number of aryl methyl sites for hydroxylation is 1. The molecule has 2 aromatic heterocycles. The fourth-order valence-electron chi connectivity index (χ4n) is 1.92. The van der Waals surface area contributed by atoms with Gasteiger partial charge in [-0.1, -0.05) is 0 Å². The minimum absolute atomic E-state index is 0.239. The summed E-state index contributed by atoms with van der Waals surface area (Å²) in [6.45, 7) is 0.255. The SMILES string of the molecule is Cn1c(=O)n(CCCCC(=O)Cl)c(=O)c2[nH]cnc21. The molecule has 0 radical (unpaired) electrons. The molecule has 0 aliphatic heterocycles. The van der Waals surface area contributed by atoms with Crippen molar-refractivity contribution in [3.63, 3.8) is 0 Å². The van der Waals surface area contributed by atoms with Crippen molar-refractivity contribution >= 4 is 28.0 Å². The van der Waals surface area contributed by atoms with Gasteiger partial charge in [-0.15, -0.1) is 0 Å². The van der Waals surface area contributed by atoms with Crippen LogP contribution in [0.25, 0.3) is 11.2 Å². The summed E-state index contributed by atoms with van der Waals surface area (Å²) >= 11 is 5.22. The zero-order chi connectivity index (χ0) is 14.0. The standard InChI is InChI=1S/C11H13ClN4O3/c1-15-9-8(13-6-14-9)10(18)16(11(15)19)5-3-2-4-7(12)17/h6H,2-5H2,1H3,(H,13,14). The molecule has 0 bridgehead atoms. The van der Waals surface area contributed by atoms with E-state index in [0.717, 1.165) is 4.57 Å². The Bertz CT molecular complexity index is 728. The number of unbranched alkanes of at least 4 members (excludes halogenated alkanes) is 1. The first-order chi connectivity index (χ1) is 9.02. The van der Waals surface area contributed by atoms with Crippen LogP contribution in [0.1, 0.15) is 19.3 Å². The quantitative estimate of drug-likeness (QED) is 0.634. The van der Waals surface area contributed by atoms with Crippen LogP contribution in [0.15, 0.2) is 15.9 Å². The lowest BCUT2D eigenvalue weighted by Crippen LogP contribution is -2.39. The van der Waals surface area contributed by atoms with Crippen LogP contribution in [0.5, 0.6) is 0 Å². The summed E-state index contributed by atoms with van der Waals surface area (Å²) in [5.74, 6) is 0. The van der Waals surface area contributed by atoms with Crippen LogP contribution >= 0.6 is 11.6 Å². The highest BCUT2D eigenvalue weighted by Crippen LogP contribution is 2.02. The minimum Gasteiger partial charge on any atom is -0.339 e. The van der Waals surface area contributed by atoms with Gasteiger partial charge in [0.15, 0.2) is 5.65 Å². The number of carbonyl (C=O) groups excluding carboxylic acids is 1. The normalized spacial score (nSPS) is 11.1. The van der Waals surface area contributed by atoms with Crippen LogP contribution < -0.4 is 11.2 Å². The Hall–Kier alpha value is -1.89. The summed E-state index contributed by atoms with van der Waals surface area (Å²) in [6, 6.07) is 0. The van der Waals surface area contributed by atoms with E-state index in [2.05, 4.69) is 9.97 Å². The van der Waals surface area contributed by atoms with Crippen molar-refractivity contribution in [1.82, 2.24) is 19.1 Å². The molecule has 0 aliphatic carbocycles. The number of fused-ring (bicyclic) bond motifs is 1. The first kappa shape index (κ1) is 13.5. The molecule has 19 heavy (non-hydrogen) atoms. The summed E-state index contributed by atoms with van der Waals surface area (Å²) in [4.78, 5) is 41.3. The van der Waals surface area contributed by atoms with Crippen molar-refractivity contribution in [1.29, 1.82) is 0 Å². The number of imidazole rings is 1. The lowest BCUT2D eigenvalue weighted by molar-refractivity contribution is -0.111. The Morgan fingerprint density at radius 2 is 2.16 bits per heavy atom. The second kappa shape index (κ2) is 5.40. The molecule has 2 aromatic rings. The van der Waals surface area contributed by atoms with Gasteiger partial charge < -0.3 is 4.98 Å². The number of aromatic amines is 1. The van der Waals surface area contributed by atoms with Crippen molar-refractivity contribution < 1.29 is 4.79 Å².